The lowest BCUT2D eigenvalue weighted by molar-refractivity contribution is 0.0672. The fraction of sp³-hybridized carbons (Fsp3) is 0.0588. The average Bonchev–Trinajstić information content (AvgIpc) is 2.73. The van der Waals surface area contributed by atoms with Crippen molar-refractivity contribution < 1.29 is 14.7 Å². The summed E-state index contributed by atoms with van der Waals surface area (Å²) in [6.07, 6.45) is 3.50. The molecule has 104 valence electrons. The number of imide groups is 1. The highest BCUT2D eigenvalue weighted by Crippen LogP contribution is 2.22. The van der Waals surface area contributed by atoms with E-state index >= 15 is 0 Å². The highest BCUT2D eigenvalue weighted by molar-refractivity contribution is 6.21. The molecule has 3 rings (SSSR count). The van der Waals surface area contributed by atoms with Crippen molar-refractivity contribution in [3.63, 3.8) is 0 Å². The van der Waals surface area contributed by atoms with E-state index < -0.39 is 0 Å². The Balaban J connectivity index is 1.75. The highest BCUT2D eigenvalue weighted by atomic mass is 16.3. The fourth-order valence-electron chi connectivity index (χ4n) is 2.33. The summed E-state index contributed by atoms with van der Waals surface area (Å²) in [4.78, 5) is 25.5. The van der Waals surface area contributed by atoms with Crippen LogP contribution < -0.4 is 0 Å². The third-order valence-corrected chi connectivity index (χ3v) is 3.35. The van der Waals surface area contributed by atoms with Gasteiger partial charge in [0.2, 0.25) is 0 Å². The molecule has 0 aromatic heterocycles. The van der Waals surface area contributed by atoms with E-state index in [9.17, 15) is 14.7 Å². The molecule has 21 heavy (non-hydrogen) atoms. The van der Waals surface area contributed by atoms with Crippen molar-refractivity contribution >= 4 is 17.9 Å². The van der Waals surface area contributed by atoms with Gasteiger partial charge in [-0.15, -0.1) is 0 Å². The number of phenolic OH excluding ortho intramolecular Hbond substituents is 1. The topological polar surface area (TPSA) is 57.6 Å². The van der Waals surface area contributed by atoms with E-state index in [0.717, 1.165) is 5.56 Å². The highest BCUT2D eigenvalue weighted by Gasteiger charge is 2.33. The molecule has 4 heteroatoms. The Kier molecular flexibility index (Phi) is 3.28. The number of benzene rings is 2. The first-order valence-electron chi connectivity index (χ1n) is 6.57. The molecule has 0 unspecified atom stereocenters. The molecule has 0 fully saturated rings. The van der Waals surface area contributed by atoms with Crippen LogP contribution in [-0.2, 0) is 0 Å². The molecule has 0 atom stereocenters. The van der Waals surface area contributed by atoms with Gasteiger partial charge in [-0.3, -0.25) is 14.5 Å². The van der Waals surface area contributed by atoms with Crippen LogP contribution in [0.4, 0.5) is 0 Å². The molecule has 4 nitrogen and oxygen atoms in total. The first-order chi connectivity index (χ1) is 10.2. The molecule has 0 spiro atoms. The Labute approximate surface area is 121 Å². The Morgan fingerprint density at radius 1 is 0.952 bits per heavy atom. The molecular formula is C17H13NO3. The maximum absolute atomic E-state index is 12.1. The first kappa shape index (κ1) is 13.1. The van der Waals surface area contributed by atoms with Gasteiger partial charge >= 0.3 is 0 Å². The molecule has 1 aliphatic heterocycles. The summed E-state index contributed by atoms with van der Waals surface area (Å²) in [6, 6.07) is 13.6. The lowest BCUT2D eigenvalue weighted by Gasteiger charge is -2.10. The van der Waals surface area contributed by atoms with Crippen molar-refractivity contribution in [3.05, 3.63) is 71.3 Å². The molecule has 0 radical (unpaired) electrons. The summed E-state index contributed by atoms with van der Waals surface area (Å²) in [5.41, 5.74) is 1.72. The van der Waals surface area contributed by atoms with Gasteiger partial charge in [0.1, 0.15) is 5.75 Å². The van der Waals surface area contributed by atoms with E-state index in [1.807, 2.05) is 6.07 Å². The predicted octanol–water partition coefficient (Wildman–Crippen LogP) is 2.70. The number of fused-ring (bicyclic) bond motifs is 1. The number of hydrogen-bond donors (Lipinski definition) is 1. The van der Waals surface area contributed by atoms with E-state index in [0.29, 0.717) is 11.1 Å². The van der Waals surface area contributed by atoms with E-state index in [-0.39, 0.29) is 24.1 Å². The van der Waals surface area contributed by atoms with Crippen LogP contribution in [0.15, 0.2) is 54.6 Å². The zero-order chi connectivity index (χ0) is 14.8. The minimum absolute atomic E-state index is 0.179. The largest absolute Gasteiger partial charge is 0.508 e. The monoisotopic (exact) mass is 279 g/mol. The average molecular weight is 279 g/mol. The van der Waals surface area contributed by atoms with Gasteiger partial charge in [0.05, 0.1) is 11.1 Å². The third kappa shape index (κ3) is 2.43. The van der Waals surface area contributed by atoms with E-state index in [2.05, 4.69) is 0 Å². The van der Waals surface area contributed by atoms with Gasteiger partial charge in [0, 0.05) is 6.54 Å². The second-order valence-electron chi connectivity index (χ2n) is 4.76. The summed E-state index contributed by atoms with van der Waals surface area (Å²) in [7, 11) is 0. The van der Waals surface area contributed by atoms with Crippen molar-refractivity contribution in [2.45, 2.75) is 0 Å². The summed E-state index contributed by atoms with van der Waals surface area (Å²) in [6.45, 7) is 0.210. The third-order valence-electron chi connectivity index (χ3n) is 3.35. The van der Waals surface area contributed by atoms with Crippen molar-refractivity contribution in [1.29, 1.82) is 0 Å². The zero-order valence-electron chi connectivity index (χ0n) is 11.2. The number of nitrogens with zero attached hydrogens (tertiary/aromatic N) is 1. The van der Waals surface area contributed by atoms with Crippen molar-refractivity contribution in [3.8, 4) is 5.75 Å². The summed E-state index contributed by atoms with van der Waals surface area (Å²) < 4.78 is 0. The van der Waals surface area contributed by atoms with Crippen LogP contribution in [0, 0.1) is 0 Å². The molecule has 0 saturated heterocycles. The smallest absolute Gasteiger partial charge is 0.261 e. The molecule has 2 aromatic rings. The molecule has 0 bridgehead atoms. The van der Waals surface area contributed by atoms with Crippen LogP contribution in [0.1, 0.15) is 26.3 Å². The maximum Gasteiger partial charge on any atom is 0.261 e. The van der Waals surface area contributed by atoms with E-state index in [1.165, 1.54) is 4.90 Å². The molecule has 1 heterocycles. The minimum Gasteiger partial charge on any atom is -0.508 e. The lowest BCUT2D eigenvalue weighted by atomic mass is 10.1. The van der Waals surface area contributed by atoms with Gasteiger partial charge in [-0.1, -0.05) is 36.4 Å². The maximum atomic E-state index is 12.1. The summed E-state index contributed by atoms with van der Waals surface area (Å²) in [5, 5.41) is 9.37. The van der Waals surface area contributed by atoms with Crippen LogP contribution in [0.5, 0.6) is 5.75 Å². The van der Waals surface area contributed by atoms with Crippen LogP contribution in [0.25, 0.3) is 6.08 Å². The zero-order valence-corrected chi connectivity index (χ0v) is 11.2. The number of phenols is 1. The van der Waals surface area contributed by atoms with Crippen LogP contribution in [0.3, 0.4) is 0 Å². The number of aromatic hydroxyl groups is 1. The van der Waals surface area contributed by atoms with Crippen LogP contribution in [0.2, 0.25) is 0 Å². The van der Waals surface area contributed by atoms with Gasteiger partial charge in [-0.05, 0) is 29.8 Å². The van der Waals surface area contributed by atoms with Gasteiger partial charge in [-0.25, -0.2) is 0 Å². The van der Waals surface area contributed by atoms with Crippen LogP contribution in [-0.4, -0.2) is 28.4 Å². The summed E-state index contributed by atoms with van der Waals surface area (Å²) >= 11 is 0. The number of carbonyl (C=O) groups excluding carboxylic acids is 2. The molecule has 0 saturated carbocycles. The molecule has 2 amide bonds. The number of hydrogen-bond acceptors (Lipinski definition) is 3. The Morgan fingerprint density at radius 2 is 1.62 bits per heavy atom. The van der Waals surface area contributed by atoms with Crippen molar-refractivity contribution in [2.24, 2.45) is 0 Å². The summed E-state index contributed by atoms with van der Waals surface area (Å²) in [5.74, 6) is -0.356. The van der Waals surface area contributed by atoms with Gasteiger partial charge in [0.15, 0.2) is 0 Å². The number of amides is 2. The molecular weight excluding hydrogens is 266 g/mol. The normalized spacial score (nSPS) is 14.0. The number of carbonyl (C=O) groups is 2. The second-order valence-corrected chi connectivity index (χ2v) is 4.76. The van der Waals surface area contributed by atoms with Crippen molar-refractivity contribution in [2.75, 3.05) is 6.54 Å². The SMILES string of the molecule is O=C1c2ccccc2C(=O)N1CC=Cc1cccc(O)c1. The molecule has 1 N–H and O–H groups in total. The predicted molar refractivity (Wildman–Crippen MR) is 78.9 cm³/mol. The Hall–Kier alpha value is -2.88. The Morgan fingerprint density at radius 3 is 2.24 bits per heavy atom. The fourth-order valence-corrected chi connectivity index (χ4v) is 2.33. The van der Waals surface area contributed by atoms with Gasteiger partial charge < -0.3 is 5.11 Å². The lowest BCUT2D eigenvalue weighted by Crippen LogP contribution is -2.29. The van der Waals surface area contributed by atoms with Crippen molar-refractivity contribution in [1.82, 2.24) is 4.90 Å². The van der Waals surface area contributed by atoms with Gasteiger partial charge in [-0.2, -0.15) is 0 Å². The van der Waals surface area contributed by atoms with Crippen LogP contribution >= 0.6 is 0 Å². The minimum atomic E-state index is -0.267. The molecule has 0 aliphatic carbocycles. The quantitative estimate of drug-likeness (QED) is 0.879. The molecule has 1 aliphatic rings. The number of rotatable bonds is 3. The first-order valence-corrected chi connectivity index (χ1v) is 6.57. The van der Waals surface area contributed by atoms with E-state index in [1.54, 1.807) is 54.6 Å². The standard InChI is InChI=1S/C17H13NO3/c19-13-7-3-5-12(11-13)6-4-10-18-16(20)14-8-1-2-9-15(14)17(18)21/h1-9,11,19H,10H2. The second kappa shape index (κ2) is 5.25. The Bertz CT molecular complexity index is 714. The van der Waals surface area contributed by atoms with Gasteiger partial charge in [0.25, 0.3) is 11.8 Å². The molecule has 2 aromatic carbocycles. The van der Waals surface area contributed by atoms with E-state index in [4.69, 9.17) is 0 Å².